The van der Waals surface area contributed by atoms with E-state index in [0.29, 0.717) is 0 Å². The number of unbranched alkanes of at least 4 members (excludes halogenated alkanes) is 3. The molecule has 2 heteroatoms. The second-order valence-electron chi connectivity index (χ2n) is 4.40. The van der Waals surface area contributed by atoms with Gasteiger partial charge in [-0.3, -0.25) is 0 Å². The van der Waals surface area contributed by atoms with Gasteiger partial charge in [0, 0.05) is 18.9 Å². The van der Waals surface area contributed by atoms with E-state index in [9.17, 15) is 0 Å². The first-order valence-corrected chi connectivity index (χ1v) is 7.52. The first-order chi connectivity index (χ1) is 8.73. The molecule has 1 aromatic carbocycles. The van der Waals surface area contributed by atoms with Crippen LogP contribution in [-0.4, -0.2) is 12.4 Å². The largest absolute Gasteiger partial charge is 0.362 e. The lowest BCUT2D eigenvalue weighted by Crippen LogP contribution is -2.21. The topological polar surface area (TPSA) is 9.23 Å². The van der Waals surface area contributed by atoms with Gasteiger partial charge in [-0.15, -0.1) is 0 Å². The Morgan fingerprint density at radius 2 is 1.89 bits per heavy atom. The van der Waals surface area contributed by atoms with Crippen molar-refractivity contribution in [1.82, 2.24) is 0 Å². The van der Waals surface area contributed by atoms with Crippen LogP contribution in [0, 0.1) is 11.8 Å². The number of methoxy groups -OCH3 is 1. The molecular formula is C16H21BrO. The zero-order valence-electron chi connectivity index (χ0n) is 11.2. The fourth-order valence-corrected chi connectivity index (χ4v) is 2.11. The van der Waals surface area contributed by atoms with Gasteiger partial charge in [0.1, 0.15) is 0 Å². The van der Waals surface area contributed by atoms with E-state index in [-0.39, 0.29) is 0 Å². The van der Waals surface area contributed by atoms with E-state index < -0.39 is 5.60 Å². The van der Waals surface area contributed by atoms with Crippen molar-refractivity contribution in [2.24, 2.45) is 0 Å². The lowest BCUT2D eigenvalue weighted by atomic mass is 9.96. The highest BCUT2D eigenvalue weighted by Gasteiger charge is 2.22. The average molecular weight is 309 g/mol. The van der Waals surface area contributed by atoms with Crippen LogP contribution in [0.5, 0.6) is 0 Å². The number of hydrogen-bond acceptors (Lipinski definition) is 1. The van der Waals surface area contributed by atoms with Gasteiger partial charge in [-0.1, -0.05) is 64.5 Å². The predicted octanol–water partition coefficient (Wildman–Crippen LogP) is 4.51. The number of hydrogen-bond donors (Lipinski definition) is 0. The van der Waals surface area contributed by atoms with Crippen LogP contribution in [0.2, 0.25) is 0 Å². The first kappa shape index (κ1) is 15.3. The van der Waals surface area contributed by atoms with Gasteiger partial charge >= 0.3 is 0 Å². The highest BCUT2D eigenvalue weighted by atomic mass is 79.9. The second-order valence-corrected chi connectivity index (χ2v) is 5.20. The van der Waals surface area contributed by atoms with Crippen molar-refractivity contribution in [3.8, 4) is 11.8 Å². The minimum atomic E-state index is -0.489. The quantitative estimate of drug-likeness (QED) is 0.427. The van der Waals surface area contributed by atoms with Crippen LogP contribution < -0.4 is 0 Å². The molecule has 1 unspecified atom stereocenters. The van der Waals surface area contributed by atoms with Crippen molar-refractivity contribution >= 4 is 15.9 Å². The van der Waals surface area contributed by atoms with E-state index in [1.165, 1.54) is 12.8 Å². The van der Waals surface area contributed by atoms with Gasteiger partial charge in [0.15, 0.2) is 5.60 Å². The SMILES string of the molecule is COC(C)(C#CCCCCCBr)c1ccccc1. The second kappa shape index (κ2) is 8.34. The van der Waals surface area contributed by atoms with Gasteiger partial charge in [-0.25, -0.2) is 0 Å². The normalized spacial score (nSPS) is 13.5. The number of ether oxygens (including phenoxy) is 1. The molecule has 1 aromatic rings. The van der Waals surface area contributed by atoms with Crippen molar-refractivity contribution in [3.05, 3.63) is 35.9 Å². The van der Waals surface area contributed by atoms with E-state index in [1.54, 1.807) is 7.11 Å². The summed E-state index contributed by atoms with van der Waals surface area (Å²) >= 11 is 3.44. The molecule has 1 atom stereocenters. The number of alkyl halides is 1. The van der Waals surface area contributed by atoms with Crippen molar-refractivity contribution < 1.29 is 4.74 Å². The van der Waals surface area contributed by atoms with Crippen LogP contribution >= 0.6 is 15.9 Å². The zero-order chi connectivity index (χ0) is 13.3. The predicted molar refractivity (Wildman–Crippen MR) is 80.8 cm³/mol. The third-order valence-electron chi connectivity index (χ3n) is 3.00. The molecule has 0 radical (unpaired) electrons. The van der Waals surface area contributed by atoms with E-state index >= 15 is 0 Å². The standard InChI is InChI=1S/C16H21BrO/c1-16(18-2,15-11-7-6-8-12-15)13-9-4-3-5-10-14-17/h6-8,11-12H,3-5,10,14H2,1-2H3. The molecule has 0 bridgehead atoms. The molecule has 0 aliphatic heterocycles. The van der Waals surface area contributed by atoms with Crippen molar-refractivity contribution in [3.63, 3.8) is 0 Å². The average Bonchev–Trinajstić information content (AvgIpc) is 2.43. The summed E-state index contributed by atoms with van der Waals surface area (Å²) in [7, 11) is 1.71. The molecule has 0 saturated carbocycles. The molecule has 0 aliphatic carbocycles. The Bertz CT molecular complexity index is 391. The molecule has 1 rings (SSSR count). The molecular weight excluding hydrogens is 288 g/mol. The highest BCUT2D eigenvalue weighted by molar-refractivity contribution is 9.09. The van der Waals surface area contributed by atoms with Crippen LogP contribution in [0.25, 0.3) is 0 Å². The fourth-order valence-electron chi connectivity index (χ4n) is 1.71. The summed E-state index contributed by atoms with van der Waals surface area (Å²) in [5, 5.41) is 1.08. The molecule has 98 valence electrons. The third kappa shape index (κ3) is 4.84. The molecule has 0 aliphatic rings. The Hall–Kier alpha value is -0.780. The van der Waals surface area contributed by atoms with Crippen LogP contribution in [0.15, 0.2) is 30.3 Å². The van der Waals surface area contributed by atoms with E-state index in [1.807, 2.05) is 25.1 Å². The van der Waals surface area contributed by atoms with Crippen LogP contribution in [0.1, 0.15) is 38.2 Å². The van der Waals surface area contributed by atoms with Crippen molar-refractivity contribution in [1.29, 1.82) is 0 Å². The molecule has 0 aromatic heterocycles. The Kier molecular flexibility index (Phi) is 7.08. The summed E-state index contributed by atoms with van der Waals surface area (Å²) in [5.41, 5.74) is 0.622. The van der Waals surface area contributed by atoms with Gasteiger partial charge in [-0.05, 0) is 25.3 Å². The Morgan fingerprint density at radius 3 is 2.50 bits per heavy atom. The minimum absolute atomic E-state index is 0.489. The van der Waals surface area contributed by atoms with E-state index in [2.05, 4.69) is 39.9 Å². The molecule has 0 fully saturated rings. The number of rotatable bonds is 6. The summed E-state index contributed by atoms with van der Waals surface area (Å²) in [6.07, 6.45) is 4.56. The Balaban J connectivity index is 2.58. The maximum absolute atomic E-state index is 5.57. The summed E-state index contributed by atoms with van der Waals surface area (Å²) in [4.78, 5) is 0. The molecule has 0 amide bonds. The molecule has 1 nitrogen and oxygen atoms in total. The summed E-state index contributed by atoms with van der Waals surface area (Å²) in [5.74, 6) is 6.50. The molecule has 0 N–H and O–H groups in total. The first-order valence-electron chi connectivity index (χ1n) is 6.39. The zero-order valence-corrected chi connectivity index (χ0v) is 12.8. The summed E-state index contributed by atoms with van der Waals surface area (Å²) in [6.45, 7) is 2.02. The van der Waals surface area contributed by atoms with Crippen molar-refractivity contribution in [2.75, 3.05) is 12.4 Å². The van der Waals surface area contributed by atoms with Gasteiger partial charge < -0.3 is 4.74 Å². The number of benzene rings is 1. The molecule has 0 saturated heterocycles. The van der Waals surface area contributed by atoms with Crippen LogP contribution in [-0.2, 0) is 10.3 Å². The summed E-state index contributed by atoms with van der Waals surface area (Å²) in [6, 6.07) is 10.2. The Labute approximate surface area is 119 Å². The van der Waals surface area contributed by atoms with Crippen LogP contribution in [0.4, 0.5) is 0 Å². The van der Waals surface area contributed by atoms with Gasteiger partial charge in [-0.2, -0.15) is 0 Å². The molecule has 0 heterocycles. The Morgan fingerprint density at radius 1 is 1.17 bits per heavy atom. The maximum atomic E-state index is 5.57. The minimum Gasteiger partial charge on any atom is -0.362 e. The lowest BCUT2D eigenvalue weighted by molar-refractivity contribution is 0.0551. The third-order valence-corrected chi connectivity index (χ3v) is 3.56. The number of halogens is 1. The molecule has 18 heavy (non-hydrogen) atoms. The fraction of sp³-hybridized carbons (Fsp3) is 0.500. The monoisotopic (exact) mass is 308 g/mol. The smallest absolute Gasteiger partial charge is 0.150 e. The van der Waals surface area contributed by atoms with Crippen molar-refractivity contribution in [2.45, 2.75) is 38.2 Å². The van der Waals surface area contributed by atoms with E-state index in [0.717, 1.165) is 23.7 Å². The van der Waals surface area contributed by atoms with Gasteiger partial charge in [0.2, 0.25) is 0 Å². The van der Waals surface area contributed by atoms with E-state index in [4.69, 9.17) is 4.74 Å². The highest BCUT2D eigenvalue weighted by Crippen LogP contribution is 2.23. The van der Waals surface area contributed by atoms with Gasteiger partial charge in [0.05, 0.1) is 0 Å². The lowest BCUT2D eigenvalue weighted by Gasteiger charge is -2.22. The van der Waals surface area contributed by atoms with Crippen LogP contribution in [0.3, 0.4) is 0 Å². The maximum Gasteiger partial charge on any atom is 0.150 e. The van der Waals surface area contributed by atoms with Gasteiger partial charge in [0.25, 0.3) is 0 Å². The molecule has 0 spiro atoms. The summed E-state index contributed by atoms with van der Waals surface area (Å²) < 4.78 is 5.57.